The van der Waals surface area contributed by atoms with E-state index in [-0.39, 0.29) is 6.04 Å². The van der Waals surface area contributed by atoms with E-state index in [4.69, 9.17) is 17.0 Å². The second-order valence-corrected chi connectivity index (χ2v) is 7.73. The molecule has 7 heteroatoms. The molecule has 6 nitrogen and oxygen atoms in total. The third-order valence-corrected chi connectivity index (χ3v) is 4.82. The minimum atomic E-state index is 0.228. The summed E-state index contributed by atoms with van der Waals surface area (Å²) in [6, 6.07) is 20.3. The Morgan fingerprint density at radius 3 is 2.52 bits per heavy atom. The van der Waals surface area contributed by atoms with Crippen molar-refractivity contribution in [3.05, 3.63) is 71.9 Å². The van der Waals surface area contributed by atoms with Gasteiger partial charge in [-0.15, -0.1) is 0 Å². The Hall–Kier alpha value is -3.19. The largest absolute Gasteiger partial charge is 0.494 e. The predicted molar refractivity (Wildman–Crippen MR) is 131 cm³/mol. The summed E-state index contributed by atoms with van der Waals surface area (Å²) in [5.74, 6) is 1.99. The molecule has 0 saturated heterocycles. The van der Waals surface area contributed by atoms with Gasteiger partial charge in [-0.3, -0.25) is 0 Å². The summed E-state index contributed by atoms with van der Waals surface area (Å²) >= 11 is 5.46. The van der Waals surface area contributed by atoms with Crippen LogP contribution in [0.15, 0.2) is 60.7 Å². The minimum Gasteiger partial charge on any atom is -0.494 e. The third-order valence-electron chi connectivity index (χ3n) is 4.60. The average Bonchev–Trinajstić information content (AvgIpc) is 2.74. The molecule has 3 aromatic rings. The van der Waals surface area contributed by atoms with Crippen molar-refractivity contribution in [1.82, 2.24) is 15.3 Å². The first kappa shape index (κ1) is 22.5. The number of ether oxygens (including phenoxy) is 1. The van der Waals surface area contributed by atoms with E-state index in [2.05, 4.69) is 57.1 Å². The topological polar surface area (TPSA) is 71.1 Å². The number of hydrogen-bond acceptors (Lipinski definition) is 5. The Kier molecular flexibility index (Phi) is 8.18. The fraction of sp³-hybridized carbons (Fsp3) is 0.292. The van der Waals surface area contributed by atoms with Crippen LogP contribution < -0.4 is 20.7 Å². The van der Waals surface area contributed by atoms with Crippen LogP contribution in [0.25, 0.3) is 0 Å². The third kappa shape index (κ3) is 7.53. The van der Waals surface area contributed by atoms with E-state index >= 15 is 0 Å². The Labute approximate surface area is 189 Å². The molecule has 31 heavy (non-hydrogen) atoms. The SMILES string of the molecule is CCOc1ccc(Nc2cc(C)nc(NC(=S)NC(C)CCc3ccccc3)n2)cc1. The molecule has 0 spiro atoms. The van der Waals surface area contributed by atoms with Gasteiger partial charge in [-0.25, -0.2) is 4.98 Å². The average molecular weight is 436 g/mol. The van der Waals surface area contributed by atoms with Gasteiger partial charge >= 0.3 is 0 Å². The van der Waals surface area contributed by atoms with Gasteiger partial charge in [-0.1, -0.05) is 30.3 Å². The number of aryl methyl sites for hydroxylation is 2. The number of rotatable bonds is 9. The maximum Gasteiger partial charge on any atom is 0.231 e. The van der Waals surface area contributed by atoms with E-state index in [0.717, 1.165) is 30.0 Å². The Balaban J connectivity index is 1.54. The molecule has 1 atom stereocenters. The lowest BCUT2D eigenvalue weighted by atomic mass is 10.1. The van der Waals surface area contributed by atoms with E-state index in [1.165, 1.54) is 5.56 Å². The Morgan fingerprint density at radius 2 is 1.81 bits per heavy atom. The molecular formula is C24H29N5OS. The van der Waals surface area contributed by atoms with Gasteiger partial charge in [-0.2, -0.15) is 4.98 Å². The second-order valence-electron chi connectivity index (χ2n) is 7.32. The molecule has 0 fully saturated rings. The minimum absolute atomic E-state index is 0.228. The molecule has 0 amide bonds. The van der Waals surface area contributed by atoms with Crippen molar-refractivity contribution in [2.24, 2.45) is 0 Å². The van der Waals surface area contributed by atoms with Gasteiger partial charge in [0.05, 0.1) is 6.61 Å². The first-order chi connectivity index (χ1) is 15.0. The van der Waals surface area contributed by atoms with Gasteiger partial charge in [0.2, 0.25) is 5.95 Å². The van der Waals surface area contributed by atoms with Crippen LogP contribution in [0.2, 0.25) is 0 Å². The smallest absolute Gasteiger partial charge is 0.231 e. The van der Waals surface area contributed by atoms with Gasteiger partial charge in [0.1, 0.15) is 11.6 Å². The highest BCUT2D eigenvalue weighted by Gasteiger charge is 2.08. The molecule has 0 saturated carbocycles. The van der Waals surface area contributed by atoms with Crippen LogP contribution in [0, 0.1) is 6.92 Å². The molecule has 0 bridgehead atoms. The molecule has 2 aromatic carbocycles. The lowest BCUT2D eigenvalue weighted by Gasteiger charge is -2.17. The highest BCUT2D eigenvalue weighted by atomic mass is 32.1. The van der Waals surface area contributed by atoms with Crippen LogP contribution in [0.1, 0.15) is 31.5 Å². The zero-order valence-corrected chi connectivity index (χ0v) is 19.0. The molecule has 1 aromatic heterocycles. The summed E-state index contributed by atoms with van der Waals surface area (Å²) in [6.45, 7) is 6.65. The van der Waals surface area contributed by atoms with Gasteiger partial charge < -0.3 is 20.7 Å². The standard InChI is InChI=1S/C24H29N5OS/c1-4-30-21-14-12-20(13-15-21)27-22-16-18(3)25-23(28-22)29-24(31)26-17(2)10-11-19-8-6-5-7-9-19/h5-9,12-17H,4,10-11H2,1-3H3,(H3,25,26,27,28,29,31). The molecule has 1 unspecified atom stereocenters. The van der Waals surface area contributed by atoms with E-state index < -0.39 is 0 Å². The van der Waals surface area contributed by atoms with Crippen molar-refractivity contribution in [3.63, 3.8) is 0 Å². The molecule has 3 N–H and O–H groups in total. The molecule has 0 aliphatic carbocycles. The van der Waals surface area contributed by atoms with E-state index in [0.29, 0.717) is 23.5 Å². The van der Waals surface area contributed by atoms with Crippen molar-refractivity contribution < 1.29 is 4.74 Å². The van der Waals surface area contributed by atoms with Crippen LogP contribution in [-0.4, -0.2) is 27.7 Å². The summed E-state index contributed by atoms with van der Waals surface area (Å²) in [6.07, 6.45) is 1.97. The summed E-state index contributed by atoms with van der Waals surface area (Å²) in [7, 11) is 0. The van der Waals surface area contributed by atoms with Crippen molar-refractivity contribution in [3.8, 4) is 5.75 Å². The van der Waals surface area contributed by atoms with Crippen LogP contribution in [0.4, 0.5) is 17.5 Å². The molecule has 0 radical (unpaired) electrons. The fourth-order valence-electron chi connectivity index (χ4n) is 3.10. The van der Waals surface area contributed by atoms with Crippen molar-refractivity contribution in [2.45, 2.75) is 39.7 Å². The first-order valence-electron chi connectivity index (χ1n) is 10.5. The summed E-state index contributed by atoms with van der Waals surface area (Å²) < 4.78 is 5.48. The van der Waals surface area contributed by atoms with Crippen molar-refractivity contribution in [2.75, 3.05) is 17.2 Å². The second kappa shape index (κ2) is 11.3. The highest BCUT2D eigenvalue weighted by Crippen LogP contribution is 2.20. The van der Waals surface area contributed by atoms with Crippen molar-refractivity contribution in [1.29, 1.82) is 0 Å². The number of nitrogens with zero attached hydrogens (tertiary/aromatic N) is 2. The first-order valence-corrected chi connectivity index (χ1v) is 10.9. The Bertz CT molecular complexity index is 979. The Morgan fingerprint density at radius 1 is 1.06 bits per heavy atom. The number of thiocarbonyl (C=S) groups is 1. The van der Waals surface area contributed by atoms with E-state index in [1.807, 2.05) is 50.2 Å². The molecular weight excluding hydrogens is 406 g/mol. The van der Waals surface area contributed by atoms with Crippen molar-refractivity contribution >= 4 is 34.8 Å². The van der Waals surface area contributed by atoms with Crippen LogP contribution in [0.5, 0.6) is 5.75 Å². The predicted octanol–water partition coefficient (Wildman–Crippen LogP) is 5.24. The zero-order chi connectivity index (χ0) is 22.1. The maximum absolute atomic E-state index is 5.48. The summed E-state index contributed by atoms with van der Waals surface area (Å²) in [5, 5.41) is 10.2. The van der Waals surface area contributed by atoms with Crippen LogP contribution in [-0.2, 0) is 6.42 Å². The number of anilines is 3. The van der Waals surface area contributed by atoms with Gasteiger partial charge in [0, 0.05) is 23.5 Å². The normalized spacial score (nSPS) is 11.5. The van der Waals surface area contributed by atoms with Gasteiger partial charge in [-0.05, 0) is 75.7 Å². The molecule has 0 aliphatic heterocycles. The maximum atomic E-state index is 5.48. The van der Waals surface area contributed by atoms with Gasteiger partial charge in [0.25, 0.3) is 0 Å². The summed E-state index contributed by atoms with van der Waals surface area (Å²) in [4.78, 5) is 8.98. The van der Waals surface area contributed by atoms with Gasteiger partial charge in [0.15, 0.2) is 5.11 Å². The summed E-state index contributed by atoms with van der Waals surface area (Å²) in [5.41, 5.74) is 3.08. The lowest BCUT2D eigenvalue weighted by Crippen LogP contribution is -2.36. The van der Waals surface area contributed by atoms with E-state index in [9.17, 15) is 0 Å². The monoisotopic (exact) mass is 435 g/mol. The highest BCUT2D eigenvalue weighted by molar-refractivity contribution is 7.80. The lowest BCUT2D eigenvalue weighted by molar-refractivity contribution is 0.340. The fourth-order valence-corrected chi connectivity index (χ4v) is 3.39. The zero-order valence-electron chi connectivity index (χ0n) is 18.2. The number of aromatic nitrogens is 2. The number of hydrogen-bond donors (Lipinski definition) is 3. The number of benzene rings is 2. The molecule has 1 heterocycles. The van der Waals surface area contributed by atoms with Crippen LogP contribution >= 0.6 is 12.2 Å². The van der Waals surface area contributed by atoms with Crippen LogP contribution in [0.3, 0.4) is 0 Å². The quantitative estimate of drug-likeness (QED) is 0.397. The number of nitrogens with one attached hydrogen (secondary N) is 3. The molecule has 162 valence electrons. The molecule has 3 rings (SSSR count). The molecule has 0 aliphatic rings. The van der Waals surface area contributed by atoms with E-state index in [1.54, 1.807) is 0 Å².